The van der Waals surface area contributed by atoms with Gasteiger partial charge in [-0.2, -0.15) is 0 Å². The molecule has 1 aromatic heterocycles. The van der Waals surface area contributed by atoms with Crippen molar-refractivity contribution >= 4 is 12.0 Å². The normalized spacial score (nSPS) is 10.6. The zero-order valence-electron chi connectivity index (χ0n) is 15.6. The molecule has 0 unspecified atom stereocenters. The molecule has 1 heterocycles. The summed E-state index contributed by atoms with van der Waals surface area (Å²) in [4.78, 5) is 16.1. The average molecular weight is 375 g/mol. The van der Waals surface area contributed by atoms with E-state index in [1.165, 1.54) is 6.08 Å². The Morgan fingerprint density at radius 1 is 0.929 bits per heavy atom. The number of carbonyl (C=O) groups excluding carboxylic acids is 1. The Balaban J connectivity index is 1.45. The highest BCUT2D eigenvalue weighted by molar-refractivity contribution is 5.87. The van der Waals surface area contributed by atoms with E-state index >= 15 is 0 Å². The van der Waals surface area contributed by atoms with Gasteiger partial charge in [0.25, 0.3) is 0 Å². The first-order valence-electron chi connectivity index (χ1n) is 8.83. The number of esters is 1. The van der Waals surface area contributed by atoms with E-state index in [1.54, 1.807) is 19.4 Å². The Hall–Kier alpha value is -3.60. The van der Waals surface area contributed by atoms with Crippen LogP contribution in [-0.2, 0) is 22.7 Å². The van der Waals surface area contributed by atoms with Gasteiger partial charge in [0.1, 0.15) is 24.7 Å². The Morgan fingerprint density at radius 3 is 2.36 bits per heavy atom. The number of methoxy groups -OCH3 is 1. The Morgan fingerprint density at radius 2 is 1.68 bits per heavy atom. The monoisotopic (exact) mass is 375 g/mol. The number of benzene rings is 2. The van der Waals surface area contributed by atoms with Crippen molar-refractivity contribution in [2.45, 2.75) is 13.2 Å². The van der Waals surface area contributed by atoms with E-state index in [0.717, 1.165) is 28.3 Å². The third kappa shape index (κ3) is 5.99. The van der Waals surface area contributed by atoms with E-state index in [4.69, 9.17) is 14.2 Å². The van der Waals surface area contributed by atoms with E-state index in [1.807, 2.05) is 66.7 Å². The highest BCUT2D eigenvalue weighted by Crippen LogP contribution is 2.15. The van der Waals surface area contributed by atoms with Crippen LogP contribution in [0.25, 0.3) is 6.08 Å². The minimum absolute atomic E-state index is 0.216. The van der Waals surface area contributed by atoms with Gasteiger partial charge in [0.05, 0.1) is 12.8 Å². The zero-order valence-corrected chi connectivity index (χ0v) is 15.6. The minimum atomic E-state index is -0.397. The number of aromatic nitrogens is 1. The van der Waals surface area contributed by atoms with Crippen LogP contribution in [0.15, 0.2) is 79.0 Å². The topological polar surface area (TPSA) is 57.7 Å². The molecule has 5 nitrogen and oxygen atoms in total. The lowest BCUT2D eigenvalue weighted by Crippen LogP contribution is -2.00. The maximum Gasteiger partial charge on any atom is 0.331 e. The van der Waals surface area contributed by atoms with Gasteiger partial charge in [-0.3, -0.25) is 4.98 Å². The third-order valence-corrected chi connectivity index (χ3v) is 3.94. The van der Waals surface area contributed by atoms with Crippen LogP contribution in [0.2, 0.25) is 0 Å². The van der Waals surface area contributed by atoms with Gasteiger partial charge in [-0.05, 0) is 53.6 Å². The molecule has 28 heavy (non-hydrogen) atoms. The molecule has 0 aliphatic heterocycles. The van der Waals surface area contributed by atoms with Crippen LogP contribution in [-0.4, -0.2) is 18.1 Å². The summed E-state index contributed by atoms with van der Waals surface area (Å²) in [5.74, 6) is 1.11. The molecule has 0 bridgehead atoms. The minimum Gasteiger partial charge on any atom is -0.497 e. The molecular formula is C23H21NO4. The standard InChI is InChI=1S/C23H21NO4/c1-26-21-10-7-19(8-11-21)16-28-23(25)14-9-18-5-12-22(13-6-18)27-17-20-4-2-3-15-24-20/h2-15H,16-17H2,1H3/b14-9+. The summed E-state index contributed by atoms with van der Waals surface area (Å²) in [6.45, 7) is 0.626. The SMILES string of the molecule is COc1ccc(COC(=O)/C=C/c2ccc(OCc3ccccn3)cc2)cc1. The highest BCUT2D eigenvalue weighted by atomic mass is 16.5. The number of nitrogens with zero attached hydrogens (tertiary/aromatic N) is 1. The number of hydrogen-bond acceptors (Lipinski definition) is 5. The van der Waals surface area contributed by atoms with Gasteiger partial charge < -0.3 is 14.2 Å². The summed E-state index contributed by atoms with van der Waals surface area (Å²) < 4.78 is 16.0. The summed E-state index contributed by atoms with van der Waals surface area (Å²) in [7, 11) is 1.61. The van der Waals surface area contributed by atoms with Crippen molar-refractivity contribution in [1.29, 1.82) is 0 Å². The van der Waals surface area contributed by atoms with Crippen molar-refractivity contribution in [3.8, 4) is 11.5 Å². The van der Waals surface area contributed by atoms with E-state index in [2.05, 4.69) is 4.98 Å². The van der Waals surface area contributed by atoms with Crippen LogP contribution in [0.3, 0.4) is 0 Å². The van der Waals surface area contributed by atoms with Crippen molar-refractivity contribution < 1.29 is 19.0 Å². The lowest BCUT2D eigenvalue weighted by atomic mass is 10.2. The highest BCUT2D eigenvalue weighted by Gasteiger charge is 2.01. The van der Waals surface area contributed by atoms with Gasteiger partial charge in [0.15, 0.2) is 0 Å². The molecule has 0 N–H and O–H groups in total. The quantitative estimate of drug-likeness (QED) is 0.431. The van der Waals surface area contributed by atoms with Gasteiger partial charge in [0, 0.05) is 12.3 Å². The number of pyridine rings is 1. The van der Waals surface area contributed by atoms with E-state index in [9.17, 15) is 4.79 Å². The number of rotatable bonds is 8. The predicted octanol–water partition coefficient (Wildman–Crippen LogP) is 4.43. The van der Waals surface area contributed by atoms with Crippen molar-refractivity contribution in [3.63, 3.8) is 0 Å². The van der Waals surface area contributed by atoms with Gasteiger partial charge >= 0.3 is 5.97 Å². The smallest absolute Gasteiger partial charge is 0.331 e. The first-order valence-corrected chi connectivity index (χ1v) is 8.83. The molecule has 0 amide bonds. The Kier molecular flexibility index (Phi) is 6.79. The van der Waals surface area contributed by atoms with Crippen molar-refractivity contribution in [2.75, 3.05) is 7.11 Å². The van der Waals surface area contributed by atoms with Gasteiger partial charge in [-0.1, -0.05) is 30.3 Å². The molecule has 0 aliphatic carbocycles. The van der Waals surface area contributed by atoms with E-state index < -0.39 is 5.97 Å². The number of ether oxygens (including phenoxy) is 3. The lowest BCUT2D eigenvalue weighted by molar-refractivity contribution is -0.138. The van der Waals surface area contributed by atoms with Gasteiger partial charge in [-0.25, -0.2) is 4.79 Å². The molecule has 0 atom stereocenters. The average Bonchev–Trinajstić information content (AvgIpc) is 2.76. The van der Waals surface area contributed by atoms with Crippen LogP contribution in [0.5, 0.6) is 11.5 Å². The van der Waals surface area contributed by atoms with E-state index in [-0.39, 0.29) is 6.61 Å². The van der Waals surface area contributed by atoms with Crippen LogP contribution < -0.4 is 9.47 Å². The Labute approximate surface area is 164 Å². The first kappa shape index (κ1) is 19.2. The fraction of sp³-hybridized carbons (Fsp3) is 0.130. The van der Waals surface area contributed by atoms with Gasteiger partial charge in [-0.15, -0.1) is 0 Å². The molecule has 0 aliphatic rings. The lowest BCUT2D eigenvalue weighted by Gasteiger charge is -2.06. The van der Waals surface area contributed by atoms with Crippen molar-refractivity contribution in [2.24, 2.45) is 0 Å². The van der Waals surface area contributed by atoms with Crippen LogP contribution in [0.1, 0.15) is 16.8 Å². The van der Waals surface area contributed by atoms with Crippen molar-refractivity contribution in [1.82, 2.24) is 4.98 Å². The predicted molar refractivity (Wildman–Crippen MR) is 107 cm³/mol. The second kappa shape index (κ2) is 9.92. The molecule has 5 heteroatoms. The molecule has 0 saturated carbocycles. The molecule has 142 valence electrons. The second-order valence-corrected chi connectivity index (χ2v) is 5.97. The summed E-state index contributed by atoms with van der Waals surface area (Å²) in [6, 6.07) is 20.5. The summed E-state index contributed by atoms with van der Waals surface area (Å²) >= 11 is 0. The fourth-order valence-electron chi connectivity index (χ4n) is 2.40. The summed E-state index contributed by atoms with van der Waals surface area (Å²) in [5, 5.41) is 0. The maximum absolute atomic E-state index is 11.9. The largest absolute Gasteiger partial charge is 0.497 e. The maximum atomic E-state index is 11.9. The van der Waals surface area contributed by atoms with Crippen molar-refractivity contribution in [3.05, 3.63) is 95.8 Å². The summed E-state index contributed by atoms with van der Waals surface area (Å²) in [5.41, 5.74) is 2.65. The molecule has 0 saturated heterocycles. The molecular weight excluding hydrogens is 354 g/mol. The molecule has 3 rings (SSSR count). The first-order chi connectivity index (χ1) is 13.7. The Bertz CT molecular complexity index is 904. The third-order valence-electron chi connectivity index (χ3n) is 3.94. The fourth-order valence-corrected chi connectivity index (χ4v) is 2.40. The molecule has 2 aromatic carbocycles. The van der Waals surface area contributed by atoms with E-state index in [0.29, 0.717) is 6.61 Å². The second-order valence-electron chi connectivity index (χ2n) is 5.97. The van der Waals surface area contributed by atoms with Crippen LogP contribution in [0, 0.1) is 0 Å². The van der Waals surface area contributed by atoms with Crippen LogP contribution in [0.4, 0.5) is 0 Å². The molecule has 3 aromatic rings. The van der Waals surface area contributed by atoms with Gasteiger partial charge in [0.2, 0.25) is 0 Å². The molecule has 0 radical (unpaired) electrons. The summed E-state index contributed by atoms with van der Waals surface area (Å²) in [6.07, 6.45) is 4.85. The number of hydrogen-bond donors (Lipinski definition) is 0. The molecule has 0 spiro atoms. The zero-order chi connectivity index (χ0) is 19.6. The number of carbonyl (C=O) groups is 1. The van der Waals surface area contributed by atoms with Crippen LogP contribution >= 0.6 is 0 Å². The molecule has 0 fully saturated rings.